The molecule has 1 aromatic rings. The summed E-state index contributed by atoms with van der Waals surface area (Å²) in [6, 6.07) is 3.56. The summed E-state index contributed by atoms with van der Waals surface area (Å²) in [5, 5.41) is 36.3. The minimum atomic E-state index is -1.29. The average molecular weight is 358 g/mol. The maximum Gasteiger partial charge on any atom is 0.335 e. The molecule has 1 aliphatic carbocycles. The summed E-state index contributed by atoms with van der Waals surface area (Å²) in [7, 11) is 0. The molecule has 134 valence electrons. The second-order valence-electron chi connectivity index (χ2n) is 5.58. The topological polar surface area (TPSA) is 149 Å². The van der Waals surface area contributed by atoms with E-state index in [-0.39, 0.29) is 28.7 Å². The number of benzene rings is 1. The Morgan fingerprint density at radius 3 is 1.88 bits per heavy atom. The molecule has 1 unspecified atom stereocenters. The van der Waals surface area contributed by atoms with Gasteiger partial charge in [0.25, 0.3) is 0 Å². The second kappa shape index (κ2) is 7.47. The number of allylic oxidation sites excluding steroid dienone is 2. The molecule has 0 saturated carbocycles. The van der Waals surface area contributed by atoms with Gasteiger partial charge in [-0.15, -0.1) is 0 Å². The number of hydrogen-bond donors (Lipinski definition) is 4. The Labute approximate surface area is 147 Å². The molecule has 0 amide bonds. The van der Waals surface area contributed by atoms with Crippen LogP contribution in [0.1, 0.15) is 32.7 Å². The fourth-order valence-electron chi connectivity index (χ4n) is 2.47. The number of hydrogen-bond acceptors (Lipinski definition) is 4. The summed E-state index contributed by atoms with van der Waals surface area (Å²) in [5.41, 5.74) is -0.347. The van der Waals surface area contributed by atoms with Gasteiger partial charge in [-0.2, -0.15) is 0 Å². The molecule has 0 saturated heterocycles. The third-order valence-corrected chi connectivity index (χ3v) is 3.69. The lowest BCUT2D eigenvalue weighted by molar-refractivity contribution is -0.132. The highest BCUT2D eigenvalue weighted by Gasteiger charge is 2.21. The zero-order valence-electron chi connectivity index (χ0n) is 13.2. The van der Waals surface area contributed by atoms with Crippen LogP contribution in [-0.2, 0) is 9.59 Å². The third-order valence-electron chi connectivity index (χ3n) is 3.69. The smallest absolute Gasteiger partial charge is 0.335 e. The van der Waals surface area contributed by atoms with E-state index in [0.29, 0.717) is 5.56 Å². The molecule has 8 heteroatoms. The van der Waals surface area contributed by atoms with E-state index in [4.69, 9.17) is 20.4 Å². The zero-order chi connectivity index (χ0) is 19.4. The van der Waals surface area contributed by atoms with Crippen LogP contribution in [0.15, 0.2) is 47.6 Å². The normalized spacial score (nSPS) is 16.7. The molecule has 26 heavy (non-hydrogen) atoms. The predicted octanol–water partition coefficient (Wildman–Crippen LogP) is 2.14. The van der Waals surface area contributed by atoms with Gasteiger partial charge in [0.1, 0.15) is 0 Å². The molecule has 0 bridgehead atoms. The molecule has 1 aliphatic rings. The molecule has 1 atom stereocenters. The van der Waals surface area contributed by atoms with Crippen molar-refractivity contribution >= 4 is 30.0 Å². The fraction of sp³-hybridized carbons (Fsp3) is 0.111. The average Bonchev–Trinajstić information content (AvgIpc) is 2.59. The molecule has 0 aliphatic heterocycles. The van der Waals surface area contributed by atoms with Gasteiger partial charge in [-0.05, 0) is 36.3 Å². The first kappa shape index (κ1) is 18.7. The molecular formula is C18H14O8. The van der Waals surface area contributed by atoms with Crippen molar-refractivity contribution in [3.05, 3.63) is 64.3 Å². The van der Waals surface area contributed by atoms with Crippen molar-refractivity contribution in [3.8, 4) is 0 Å². The van der Waals surface area contributed by atoms with Crippen molar-refractivity contribution in [3.63, 3.8) is 0 Å². The lowest BCUT2D eigenvalue weighted by Crippen LogP contribution is -2.13. The maximum absolute atomic E-state index is 11.1. The van der Waals surface area contributed by atoms with Crippen LogP contribution in [0.4, 0.5) is 0 Å². The number of carboxylic acid groups (broad SMARTS) is 4. The Hall–Kier alpha value is -3.68. The number of carbonyl (C=O) groups is 4. The monoisotopic (exact) mass is 358 g/mol. The van der Waals surface area contributed by atoms with Crippen molar-refractivity contribution in [1.82, 2.24) is 0 Å². The summed E-state index contributed by atoms with van der Waals surface area (Å²) in [5.74, 6) is -5.60. The standard InChI is InChI=1S/C18H14O8/c19-15(20)11-3-9(4-12(7-11)16(21)22)1-2-10-5-13(17(23)24)8-14(6-10)18(25)26/h1-5,7-8,10H,6H2,(H,19,20)(H,21,22)(H,23,24)(H,25,26)/b2-1+. The predicted molar refractivity (Wildman–Crippen MR) is 88.9 cm³/mol. The van der Waals surface area contributed by atoms with Crippen LogP contribution in [0.2, 0.25) is 0 Å². The van der Waals surface area contributed by atoms with Crippen LogP contribution in [0.25, 0.3) is 6.08 Å². The van der Waals surface area contributed by atoms with Crippen LogP contribution in [0, 0.1) is 5.92 Å². The first-order valence-corrected chi connectivity index (χ1v) is 7.36. The Morgan fingerprint density at radius 1 is 0.846 bits per heavy atom. The van der Waals surface area contributed by atoms with E-state index < -0.39 is 29.8 Å². The SMILES string of the molecule is O=C(O)C1=CC(/C=C/c2cc(C(=O)O)cc(C(=O)O)c2)CC(C(=O)O)=C1. The van der Waals surface area contributed by atoms with Crippen LogP contribution >= 0.6 is 0 Å². The van der Waals surface area contributed by atoms with Gasteiger partial charge in [0.15, 0.2) is 0 Å². The van der Waals surface area contributed by atoms with Crippen LogP contribution in [0.5, 0.6) is 0 Å². The highest BCUT2D eigenvalue weighted by Crippen LogP contribution is 2.25. The van der Waals surface area contributed by atoms with Gasteiger partial charge in [-0.25, -0.2) is 19.2 Å². The number of aliphatic carboxylic acids is 2. The second-order valence-corrected chi connectivity index (χ2v) is 5.58. The Kier molecular flexibility index (Phi) is 5.36. The summed E-state index contributed by atoms with van der Waals surface area (Å²) >= 11 is 0. The van der Waals surface area contributed by atoms with Gasteiger partial charge < -0.3 is 20.4 Å². The summed E-state index contributed by atoms with van der Waals surface area (Å²) in [6.45, 7) is 0. The molecule has 0 radical (unpaired) electrons. The van der Waals surface area contributed by atoms with Crippen molar-refractivity contribution in [2.45, 2.75) is 6.42 Å². The minimum absolute atomic E-state index is 0.0625. The Bertz CT molecular complexity index is 856. The van der Waals surface area contributed by atoms with E-state index in [9.17, 15) is 19.2 Å². The summed E-state index contributed by atoms with van der Waals surface area (Å²) < 4.78 is 0. The van der Waals surface area contributed by atoms with Crippen molar-refractivity contribution in [1.29, 1.82) is 0 Å². The molecule has 8 nitrogen and oxygen atoms in total. The maximum atomic E-state index is 11.1. The van der Waals surface area contributed by atoms with Gasteiger partial charge >= 0.3 is 23.9 Å². The van der Waals surface area contributed by atoms with Crippen molar-refractivity contribution in [2.75, 3.05) is 0 Å². The lowest BCUT2D eigenvalue weighted by atomic mass is 9.89. The largest absolute Gasteiger partial charge is 0.478 e. The van der Waals surface area contributed by atoms with Gasteiger partial charge in [0.05, 0.1) is 16.7 Å². The van der Waals surface area contributed by atoms with E-state index >= 15 is 0 Å². The number of aromatic carboxylic acids is 2. The summed E-state index contributed by atoms with van der Waals surface area (Å²) in [4.78, 5) is 44.5. The van der Waals surface area contributed by atoms with Crippen molar-refractivity contribution in [2.24, 2.45) is 5.92 Å². The Morgan fingerprint density at radius 2 is 1.42 bits per heavy atom. The van der Waals surface area contributed by atoms with E-state index in [1.807, 2.05) is 0 Å². The van der Waals surface area contributed by atoms with E-state index in [2.05, 4.69) is 0 Å². The van der Waals surface area contributed by atoms with Gasteiger partial charge in [0, 0.05) is 11.5 Å². The van der Waals surface area contributed by atoms with Crippen LogP contribution in [0.3, 0.4) is 0 Å². The van der Waals surface area contributed by atoms with Crippen LogP contribution < -0.4 is 0 Å². The molecule has 0 spiro atoms. The Balaban J connectivity index is 2.36. The first-order valence-electron chi connectivity index (χ1n) is 7.36. The molecule has 2 rings (SSSR count). The molecule has 0 aromatic heterocycles. The quantitative estimate of drug-likeness (QED) is 0.604. The van der Waals surface area contributed by atoms with Crippen LogP contribution in [-0.4, -0.2) is 44.3 Å². The van der Waals surface area contributed by atoms with E-state index in [1.165, 1.54) is 30.4 Å². The molecule has 0 fully saturated rings. The zero-order valence-corrected chi connectivity index (χ0v) is 13.2. The van der Waals surface area contributed by atoms with Gasteiger partial charge in [0.2, 0.25) is 0 Å². The molecule has 1 aromatic carbocycles. The first-order chi connectivity index (χ1) is 12.2. The number of rotatable bonds is 6. The number of carboxylic acids is 4. The van der Waals surface area contributed by atoms with Gasteiger partial charge in [-0.3, -0.25) is 0 Å². The van der Waals surface area contributed by atoms with Crippen molar-refractivity contribution < 1.29 is 39.6 Å². The van der Waals surface area contributed by atoms with Gasteiger partial charge in [-0.1, -0.05) is 18.2 Å². The minimum Gasteiger partial charge on any atom is -0.478 e. The van der Waals surface area contributed by atoms with E-state index in [0.717, 1.165) is 12.1 Å². The molecule has 0 heterocycles. The van der Waals surface area contributed by atoms with E-state index in [1.54, 1.807) is 0 Å². The third kappa shape index (κ3) is 4.44. The fourth-order valence-corrected chi connectivity index (χ4v) is 2.47. The molecule has 4 N–H and O–H groups in total. The summed E-state index contributed by atoms with van der Waals surface area (Å²) in [6.07, 6.45) is 5.47. The molecular weight excluding hydrogens is 344 g/mol. The highest BCUT2D eigenvalue weighted by molar-refractivity contribution is 5.96. The highest BCUT2D eigenvalue weighted by atomic mass is 16.4. The lowest BCUT2D eigenvalue weighted by Gasteiger charge is -2.15.